The molecule has 0 aliphatic heterocycles. The van der Waals surface area contributed by atoms with E-state index in [1.807, 2.05) is 0 Å². The Hall–Kier alpha value is -2.90. The Balaban J connectivity index is 2.10. The van der Waals surface area contributed by atoms with Crippen LogP contribution in [0.15, 0.2) is 52.4 Å². The lowest BCUT2D eigenvalue weighted by Gasteiger charge is -2.06. The lowest BCUT2D eigenvalue weighted by molar-refractivity contribution is -0.137. The number of amides is 1. The minimum atomic E-state index is -4.50. The third-order valence-corrected chi connectivity index (χ3v) is 6.14. The highest BCUT2D eigenvalue weighted by atomic mass is 32.2. The van der Waals surface area contributed by atoms with Gasteiger partial charge in [-0.3, -0.25) is 4.79 Å². The fourth-order valence-electron chi connectivity index (χ4n) is 2.57. The van der Waals surface area contributed by atoms with E-state index < -0.39 is 27.5 Å². The van der Waals surface area contributed by atoms with E-state index in [-0.39, 0.29) is 21.8 Å². The Bertz CT molecular complexity index is 1310. The molecule has 3 aromatic rings. The topological polar surface area (TPSA) is 68.5 Å². The lowest BCUT2D eigenvalue weighted by Crippen LogP contribution is -2.16. The molecule has 0 spiro atoms. The minimum Gasteiger partial charge on any atom is -0.305 e. The van der Waals surface area contributed by atoms with Gasteiger partial charge in [-0.2, -0.15) is 18.2 Å². The van der Waals surface area contributed by atoms with Crippen molar-refractivity contribution in [3.63, 3.8) is 0 Å². The molecule has 2 aromatic carbocycles. The van der Waals surface area contributed by atoms with Crippen LogP contribution in [0.5, 0.6) is 0 Å². The molecule has 5 nitrogen and oxygen atoms in total. The molecular formula is C19H13F3N2O3S2. The highest BCUT2D eigenvalue weighted by molar-refractivity contribution is 7.90. The van der Waals surface area contributed by atoms with Gasteiger partial charge in [-0.05, 0) is 42.5 Å². The number of hydrogen-bond donors (Lipinski definition) is 0. The van der Waals surface area contributed by atoms with Gasteiger partial charge >= 0.3 is 6.18 Å². The minimum absolute atomic E-state index is 0.0143. The third-order valence-electron chi connectivity index (χ3n) is 3.99. The number of halogens is 3. The molecule has 0 unspecified atom stereocenters. The van der Waals surface area contributed by atoms with Gasteiger partial charge in [-0.1, -0.05) is 17.3 Å². The molecule has 0 bridgehead atoms. The number of carbonyl (C=O) groups excluding carboxylic acids is 1. The standard InChI is InChI=1S/C19H13F3N2O3S2/c1-3-10-24-15-9-8-14(29(2,26)27)11-16(15)28-18(24)23-17(25)12-4-6-13(7-5-12)19(20,21)22/h1,4-9,11H,10H2,2H3. The van der Waals surface area contributed by atoms with Crippen molar-refractivity contribution < 1.29 is 26.4 Å². The molecule has 10 heteroatoms. The Morgan fingerprint density at radius 1 is 1.21 bits per heavy atom. The highest BCUT2D eigenvalue weighted by Gasteiger charge is 2.30. The second-order valence-corrected chi connectivity index (χ2v) is 9.09. The molecule has 3 rings (SSSR count). The van der Waals surface area contributed by atoms with Crippen LogP contribution < -0.4 is 4.80 Å². The maximum Gasteiger partial charge on any atom is 0.416 e. The van der Waals surface area contributed by atoms with Crippen molar-refractivity contribution >= 4 is 37.3 Å². The highest BCUT2D eigenvalue weighted by Crippen LogP contribution is 2.29. The number of thiazole rings is 1. The Labute approximate surface area is 168 Å². The van der Waals surface area contributed by atoms with E-state index in [0.29, 0.717) is 10.2 Å². The molecule has 0 radical (unpaired) electrons. The van der Waals surface area contributed by atoms with Gasteiger partial charge in [0, 0.05) is 11.8 Å². The summed E-state index contributed by atoms with van der Waals surface area (Å²) in [5.41, 5.74) is -0.287. The Morgan fingerprint density at radius 2 is 1.86 bits per heavy atom. The fourth-order valence-corrected chi connectivity index (χ4v) is 4.36. The number of nitrogens with zero attached hydrogens (tertiary/aromatic N) is 2. The number of hydrogen-bond acceptors (Lipinski definition) is 4. The van der Waals surface area contributed by atoms with Gasteiger partial charge in [-0.25, -0.2) is 8.42 Å². The first kappa shape index (κ1) is 20.8. The van der Waals surface area contributed by atoms with E-state index in [9.17, 15) is 26.4 Å². The quantitative estimate of drug-likeness (QED) is 0.588. The monoisotopic (exact) mass is 438 g/mol. The van der Waals surface area contributed by atoms with Gasteiger partial charge < -0.3 is 4.57 Å². The van der Waals surface area contributed by atoms with Crippen molar-refractivity contribution in [3.8, 4) is 12.3 Å². The lowest BCUT2D eigenvalue weighted by atomic mass is 10.1. The SMILES string of the molecule is C#CCn1c(=NC(=O)c2ccc(C(F)(F)F)cc2)sc2cc(S(C)(=O)=O)ccc21. The van der Waals surface area contributed by atoms with Crippen LogP contribution >= 0.6 is 11.3 Å². The van der Waals surface area contributed by atoms with E-state index in [2.05, 4.69) is 10.9 Å². The van der Waals surface area contributed by atoms with Gasteiger partial charge in [-0.15, -0.1) is 6.42 Å². The first-order valence-corrected chi connectivity index (χ1v) is 10.7. The second-order valence-electron chi connectivity index (χ2n) is 6.07. The molecule has 0 atom stereocenters. The molecule has 0 fully saturated rings. The molecule has 0 aliphatic rings. The van der Waals surface area contributed by atoms with Crippen LogP contribution in [0, 0.1) is 12.3 Å². The Kier molecular flexibility index (Phi) is 5.38. The smallest absolute Gasteiger partial charge is 0.305 e. The maximum atomic E-state index is 12.7. The van der Waals surface area contributed by atoms with Gasteiger partial charge in [0.1, 0.15) is 0 Å². The van der Waals surface area contributed by atoms with Gasteiger partial charge in [0.25, 0.3) is 5.91 Å². The molecular weight excluding hydrogens is 425 g/mol. The number of alkyl halides is 3. The fraction of sp³-hybridized carbons (Fsp3) is 0.158. The van der Waals surface area contributed by atoms with E-state index in [0.717, 1.165) is 41.9 Å². The van der Waals surface area contributed by atoms with Crippen molar-refractivity contribution in [1.82, 2.24) is 4.57 Å². The molecule has 1 heterocycles. The number of aromatic nitrogens is 1. The summed E-state index contributed by atoms with van der Waals surface area (Å²) in [6, 6.07) is 8.18. The molecule has 29 heavy (non-hydrogen) atoms. The first-order chi connectivity index (χ1) is 13.5. The van der Waals surface area contributed by atoms with E-state index >= 15 is 0 Å². The molecule has 0 saturated carbocycles. The average molecular weight is 438 g/mol. The number of terminal acetylenes is 1. The molecule has 0 aliphatic carbocycles. The molecule has 150 valence electrons. The second kappa shape index (κ2) is 7.50. The van der Waals surface area contributed by atoms with Gasteiger partial charge in [0.05, 0.1) is 27.2 Å². The molecule has 0 N–H and O–H groups in total. The number of fused-ring (bicyclic) bond motifs is 1. The first-order valence-electron chi connectivity index (χ1n) is 8.04. The third kappa shape index (κ3) is 4.41. The number of rotatable bonds is 3. The van der Waals surface area contributed by atoms with Gasteiger partial charge in [0.15, 0.2) is 14.6 Å². The number of carbonyl (C=O) groups is 1. The number of sulfone groups is 1. The van der Waals surface area contributed by atoms with Crippen LogP contribution in [-0.2, 0) is 22.6 Å². The van der Waals surface area contributed by atoms with Crippen molar-refractivity contribution in [3.05, 3.63) is 58.4 Å². The van der Waals surface area contributed by atoms with Crippen molar-refractivity contribution in [2.45, 2.75) is 17.6 Å². The van der Waals surface area contributed by atoms with Crippen LogP contribution in [0.4, 0.5) is 13.2 Å². The van der Waals surface area contributed by atoms with Crippen LogP contribution in [0.25, 0.3) is 10.2 Å². The summed E-state index contributed by atoms with van der Waals surface area (Å²) in [6.07, 6.45) is 1.96. The normalized spacial score (nSPS) is 12.9. The van der Waals surface area contributed by atoms with Crippen LogP contribution in [0.1, 0.15) is 15.9 Å². The summed E-state index contributed by atoms with van der Waals surface area (Å²) < 4.78 is 63.7. The zero-order valence-electron chi connectivity index (χ0n) is 14.9. The van der Waals surface area contributed by atoms with Crippen molar-refractivity contribution in [2.24, 2.45) is 4.99 Å². The summed E-state index contributed by atoms with van der Waals surface area (Å²) in [7, 11) is -3.42. The molecule has 1 amide bonds. The van der Waals surface area contributed by atoms with Crippen molar-refractivity contribution in [2.75, 3.05) is 6.26 Å². The van der Waals surface area contributed by atoms with Crippen LogP contribution in [0.2, 0.25) is 0 Å². The van der Waals surface area contributed by atoms with Crippen molar-refractivity contribution in [1.29, 1.82) is 0 Å². The molecule has 0 saturated heterocycles. The van der Waals surface area contributed by atoms with Crippen LogP contribution in [-0.4, -0.2) is 25.1 Å². The zero-order valence-corrected chi connectivity index (χ0v) is 16.5. The predicted molar refractivity (Wildman–Crippen MR) is 103 cm³/mol. The number of benzene rings is 2. The summed E-state index contributed by atoms with van der Waals surface area (Å²) in [5.74, 6) is 1.70. The van der Waals surface area contributed by atoms with Crippen LogP contribution in [0.3, 0.4) is 0 Å². The summed E-state index contributed by atoms with van der Waals surface area (Å²) in [5, 5.41) is 0. The van der Waals surface area contributed by atoms with E-state index in [1.165, 1.54) is 12.1 Å². The predicted octanol–water partition coefficient (Wildman–Crippen LogP) is 3.50. The van der Waals surface area contributed by atoms with E-state index in [4.69, 9.17) is 6.42 Å². The average Bonchev–Trinajstić information content (AvgIpc) is 2.97. The van der Waals surface area contributed by atoms with Gasteiger partial charge in [0.2, 0.25) is 0 Å². The summed E-state index contributed by atoms with van der Waals surface area (Å²) in [4.78, 5) is 16.7. The maximum absolute atomic E-state index is 12.7. The largest absolute Gasteiger partial charge is 0.416 e. The van der Waals surface area contributed by atoms with E-state index in [1.54, 1.807) is 10.6 Å². The zero-order chi connectivity index (χ0) is 21.4. The Morgan fingerprint density at radius 3 is 2.41 bits per heavy atom. The summed E-state index contributed by atoms with van der Waals surface area (Å²) in [6.45, 7) is 0.0807. The molecule has 1 aromatic heterocycles. The summed E-state index contributed by atoms with van der Waals surface area (Å²) >= 11 is 1.06.